The molecule has 0 rings (SSSR count). The van der Waals surface area contributed by atoms with Crippen molar-refractivity contribution in [2.75, 3.05) is 0 Å². The summed E-state index contributed by atoms with van der Waals surface area (Å²) in [6.45, 7) is 0. The predicted molar refractivity (Wildman–Crippen MR) is 3.61 cm³/mol. The first kappa shape index (κ1) is 44.6. The predicted octanol–water partition coefficient (Wildman–Crippen LogP) is -0.832. The van der Waals surface area contributed by atoms with Crippen LogP contribution >= 0.6 is 0 Å². The molecule has 1 nitrogen and oxygen atoms in total. The van der Waals surface area contributed by atoms with E-state index in [9.17, 15) is 0 Å². The van der Waals surface area contributed by atoms with Gasteiger partial charge in [0.1, 0.15) is 0 Å². The number of hydrogen-bond acceptors (Lipinski definition) is 0. The van der Waals surface area contributed by atoms with Gasteiger partial charge < -0.3 is 5.48 Å². The van der Waals surface area contributed by atoms with Crippen LogP contribution in [0.25, 0.3) is 0 Å². The summed E-state index contributed by atoms with van der Waals surface area (Å²) in [7, 11) is 0. The normalized spacial score (nSPS) is 0. The van der Waals surface area contributed by atoms with E-state index >= 15 is 0 Å². The van der Waals surface area contributed by atoms with Crippen LogP contribution in [0.4, 0.5) is 0 Å². The minimum absolute atomic E-state index is 0. The molecular weight excluding hydrogens is 313 g/mol. The van der Waals surface area contributed by atoms with Crippen molar-refractivity contribution in [2.24, 2.45) is 0 Å². The number of rotatable bonds is 0. The van der Waals surface area contributed by atoms with Crippen LogP contribution in [0.5, 0.6) is 0 Å². The summed E-state index contributed by atoms with van der Waals surface area (Å²) in [6.07, 6.45) is 0. The smallest absolute Gasteiger partial charge is 0 e. The third kappa shape index (κ3) is 9.40. The average molecular weight is 315 g/mol. The standard InChI is InChI=1S/Mn.Ni.H2O.W/h;;1H2;. The van der Waals surface area contributed by atoms with E-state index < -0.39 is 0 Å². The summed E-state index contributed by atoms with van der Waals surface area (Å²) in [6, 6.07) is 0. The van der Waals surface area contributed by atoms with Crippen LogP contribution in [0.3, 0.4) is 0 Å². The molecule has 0 saturated carbocycles. The fraction of sp³-hybridized carbons (Fsp3) is 0. The molecule has 0 aromatic heterocycles. The second kappa shape index (κ2) is 22.6. The topological polar surface area (TPSA) is 31.5 Å². The van der Waals surface area contributed by atoms with Crippen molar-refractivity contribution in [3.63, 3.8) is 0 Å². The van der Waals surface area contributed by atoms with Gasteiger partial charge in [-0.25, -0.2) is 0 Å². The first-order valence-corrected chi connectivity index (χ1v) is 0. The molecule has 0 saturated heterocycles. The second-order valence-corrected chi connectivity index (χ2v) is 0. The summed E-state index contributed by atoms with van der Waals surface area (Å²) < 4.78 is 0. The van der Waals surface area contributed by atoms with E-state index in [1.165, 1.54) is 0 Å². The van der Waals surface area contributed by atoms with Gasteiger partial charge in [-0.2, -0.15) is 0 Å². The van der Waals surface area contributed by atoms with E-state index in [0.717, 1.165) is 0 Å². The van der Waals surface area contributed by atoms with Gasteiger partial charge in [0.15, 0.2) is 0 Å². The summed E-state index contributed by atoms with van der Waals surface area (Å²) in [5.74, 6) is 0. The van der Waals surface area contributed by atoms with Gasteiger partial charge in [0, 0.05) is 54.6 Å². The zero-order valence-electron chi connectivity index (χ0n) is 1.60. The molecule has 1 radical (unpaired) electrons. The molecule has 0 fully saturated rings. The van der Waals surface area contributed by atoms with Crippen molar-refractivity contribution >= 4 is 0 Å². The summed E-state index contributed by atoms with van der Waals surface area (Å²) >= 11 is 0. The van der Waals surface area contributed by atoms with Crippen molar-refractivity contribution in [3.05, 3.63) is 0 Å². The Morgan fingerprint density at radius 2 is 1.00 bits per heavy atom. The Balaban J connectivity index is 0. The molecule has 0 aromatic carbocycles. The summed E-state index contributed by atoms with van der Waals surface area (Å²) in [4.78, 5) is 0. The van der Waals surface area contributed by atoms with Crippen LogP contribution in [0.2, 0.25) is 0 Å². The zero-order valence-corrected chi connectivity index (χ0v) is 6.70. The van der Waals surface area contributed by atoms with Gasteiger partial charge in [0.05, 0.1) is 0 Å². The van der Waals surface area contributed by atoms with Crippen LogP contribution in [0, 0.1) is 0 Å². The van der Waals surface area contributed by atoms with Gasteiger partial charge >= 0.3 is 0 Å². The van der Waals surface area contributed by atoms with E-state index in [1.54, 1.807) is 0 Å². The average Bonchev–Trinajstić information content (AvgIpc) is 0. The van der Waals surface area contributed by atoms with Crippen LogP contribution in [-0.4, -0.2) is 5.48 Å². The van der Waals surface area contributed by atoms with E-state index in [4.69, 9.17) is 0 Å². The minimum atomic E-state index is 0. The third-order valence-electron chi connectivity index (χ3n) is 0. The molecule has 0 aliphatic carbocycles. The Kier molecular flexibility index (Phi) is 252. The van der Waals surface area contributed by atoms with Crippen molar-refractivity contribution in [3.8, 4) is 0 Å². The van der Waals surface area contributed by atoms with Crippen molar-refractivity contribution in [1.29, 1.82) is 0 Å². The Hall–Kier alpha value is 1.66. The Morgan fingerprint density at radius 1 is 1.00 bits per heavy atom. The monoisotopic (exact) mass is 315 g/mol. The van der Waals surface area contributed by atoms with Crippen molar-refractivity contribution in [2.45, 2.75) is 0 Å². The van der Waals surface area contributed by atoms with Crippen LogP contribution in [0.1, 0.15) is 0 Å². The van der Waals surface area contributed by atoms with Crippen LogP contribution < -0.4 is 0 Å². The van der Waals surface area contributed by atoms with Crippen LogP contribution in [-0.2, 0) is 54.6 Å². The van der Waals surface area contributed by atoms with Gasteiger partial charge in [-0.3, -0.25) is 0 Å². The maximum absolute atomic E-state index is 0. The fourth-order valence-electron chi connectivity index (χ4n) is 0. The van der Waals surface area contributed by atoms with Crippen LogP contribution in [0.15, 0.2) is 0 Å². The molecular formula is H2MnNiOW. The molecule has 0 spiro atoms. The van der Waals surface area contributed by atoms with Gasteiger partial charge in [0.2, 0.25) is 0 Å². The zero-order chi connectivity index (χ0) is 0. The molecule has 0 aromatic rings. The van der Waals surface area contributed by atoms with Gasteiger partial charge in [-0.05, 0) is 0 Å². The van der Waals surface area contributed by atoms with E-state index in [-0.39, 0.29) is 60.1 Å². The molecule has 0 aliphatic heterocycles. The molecule has 0 bridgehead atoms. The minimum Gasteiger partial charge on any atom is -0.412 e. The summed E-state index contributed by atoms with van der Waals surface area (Å²) in [5, 5.41) is 0. The molecule has 0 amide bonds. The first-order valence-electron chi connectivity index (χ1n) is 0. The summed E-state index contributed by atoms with van der Waals surface area (Å²) in [5.41, 5.74) is 0. The maximum Gasteiger partial charge on any atom is 0 e. The molecule has 0 atom stereocenters. The van der Waals surface area contributed by atoms with Gasteiger partial charge in [-0.1, -0.05) is 0 Å². The van der Waals surface area contributed by atoms with Gasteiger partial charge in [-0.15, -0.1) is 0 Å². The number of hydrogen-bond donors (Lipinski definition) is 0. The van der Waals surface area contributed by atoms with E-state index in [0.29, 0.717) is 0 Å². The largest absolute Gasteiger partial charge is 0.412 e. The Bertz CT molecular complexity index is 8.00. The molecule has 31 valence electrons. The van der Waals surface area contributed by atoms with E-state index in [1.807, 2.05) is 0 Å². The van der Waals surface area contributed by atoms with Gasteiger partial charge in [0.25, 0.3) is 0 Å². The third-order valence-corrected chi connectivity index (χ3v) is 0. The molecule has 0 aliphatic rings. The maximum atomic E-state index is 0. The molecule has 4 heteroatoms. The molecule has 2 N–H and O–H groups in total. The molecule has 0 unspecified atom stereocenters. The van der Waals surface area contributed by atoms with Crippen molar-refractivity contribution < 1.29 is 60.1 Å². The Morgan fingerprint density at radius 3 is 1.00 bits per heavy atom. The second-order valence-electron chi connectivity index (χ2n) is 0. The van der Waals surface area contributed by atoms with Crippen molar-refractivity contribution in [1.82, 2.24) is 0 Å². The SMILES string of the molecule is O.[Mn].[Ni].[W]. The molecule has 4 heavy (non-hydrogen) atoms. The fourth-order valence-corrected chi connectivity index (χ4v) is 0. The van der Waals surface area contributed by atoms with E-state index in [2.05, 4.69) is 0 Å². The Labute approximate surface area is 59.9 Å². The first-order chi connectivity index (χ1) is 0. The quantitative estimate of drug-likeness (QED) is 0.523. The molecule has 0 heterocycles.